The summed E-state index contributed by atoms with van der Waals surface area (Å²) in [5, 5.41) is 5.66. The maximum Gasteiger partial charge on any atom is 0.261 e. The number of nitrogens with two attached hydrogens (primary N) is 1. The van der Waals surface area contributed by atoms with Crippen LogP contribution < -0.4 is 16.4 Å². The molecule has 188 valence electrons. The van der Waals surface area contributed by atoms with E-state index in [2.05, 4.69) is 17.6 Å². The molecule has 34 heavy (non-hydrogen) atoms. The SMILES string of the molecule is CCC/C=C(\C)N(C(=O)c1c(C)cccc1NCCOCCOCCN)C1CCC(=O)NC1=O. The lowest BCUT2D eigenvalue weighted by Crippen LogP contribution is -2.53. The highest BCUT2D eigenvalue weighted by atomic mass is 16.5. The maximum atomic E-state index is 13.9. The monoisotopic (exact) mass is 474 g/mol. The van der Waals surface area contributed by atoms with Crippen molar-refractivity contribution in [3.63, 3.8) is 0 Å². The molecule has 2 rings (SSSR count). The zero-order valence-corrected chi connectivity index (χ0v) is 20.5. The van der Waals surface area contributed by atoms with Crippen LogP contribution in [0.2, 0.25) is 0 Å². The van der Waals surface area contributed by atoms with Crippen molar-refractivity contribution in [1.82, 2.24) is 10.2 Å². The van der Waals surface area contributed by atoms with Gasteiger partial charge in [0.2, 0.25) is 11.8 Å². The van der Waals surface area contributed by atoms with E-state index in [9.17, 15) is 14.4 Å². The number of hydrogen-bond acceptors (Lipinski definition) is 7. The van der Waals surface area contributed by atoms with E-state index in [1.165, 1.54) is 4.90 Å². The van der Waals surface area contributed by atoms with Gasteiger partial charge in [0.25, 0.3) is 5.91 Å². The van der Waals surface area contributed by atoms with Crippen molar-refractivity contribution in [2.75, 3.05) is 44.8 Å². The van der Waals surface area contributed by atoms with E-state index in [1.54, 1.807) is 0 Å². The van der Waals surface area contributed by atoms with Crippen LogP contribution in [0.3, 0.4) is 0 Å². The molecule has 0 radical (unpaired) electrons. The van der Waals surface area contributed by atoms with Crippen molar-refractivity contribution in [3.05, 3.63) is 41.1 Å². The van der Waals surface area contributed by atoms with Crippen LogP contribution in [-0.4, -0.2) is 68.2 Å². The second kappa shape index (κ2) is 14.5. The molecule has 0 spiro atoms. The first kappa shape index (κ1) is 27.5. The smallest absolute Gasteiger partial charge is 0.261 e. The summed E-state index contributed by atoms with van der Waals surface area (Å²) in [6.45, 7) is 8.64. The predicted molar refractivity (Wildman–Crippen MR) is 131 cm³/mol. The Morgan fingerprint density at radius 2 is 1.97 bits per heavy atom. The number of carbonyl (C=O) groups excluding carboxylic acids is 3. The Balaban J connectivity index is 2.19. The number of rotatable bonds is 14. The number of allylic oxidation sites excluding steroid dienone is 2. The molecule has 9 nitrogen and oxygen atoms in total. The van der Waals surface area contributed by atoms with Crippen LogP contribution >= 0.6 is 0 Å². The van der Waals surface area contributed by atoms with E-state index in [1.807, 2.05) is 38.1 Å². The third-order valence-electron chi connectivity index (χ3n) is 5.53. The fourth-order valence-electron chi connectivity index (χ4n) is 3.81. The Morgan fingerprint density at radius 1 is 1.24 bits per heavy atom. The van der Waals surface area contributed by atoms with E-state index in [4.69, 9.17) is 15.2 Å². The van der Waals surface area contributed by atoms with Gasteiger partial charge >= 0.3 is 0 Å². The lowest BCUT2D eigenvalue weighted by atomic mass is 9.99. The summed E-state index contributed by atoms with van der Waals surface area (Å²) in [5.74, 6) is -1.02. The summed E-state index contributed by atoms with van der Waals surface area (Å²) in [7, 11) is 0. The lowest BCUT2D eigenvalue weighted by Gasteiger charge is -2.34. The summed E-state index contributed by atoms with van der Waals surface area (Å²) >= 11 is 0. The molecule has 9 heteroatoms. The number of nitrogens with zero attached hydrogens (tertiary/aromatic N) is 1. The number of aryl methyl sites for hydroxylation is 1. The highest BCUT2D eigenvalue weighted by Gasteiger charge is 2.36. The van der Waals surface area contributed by atoms with Gasteiger partial charge in [-0.25, -0.2) is 0 Å². The average molecular weight is 475 g/mol. The molecular weight excluding hydrogens is 436 g/mol. The molecule has 0 saturated carbocycles. The van der Waals surface area contributed by atoms with E-state index in [-0.39, 0.29) is 18.2 Å². The molecule has 1 aromatic rings. The van der Waals surface area contributed by atoms with Gasteiger partial charge in [-0.05, 0) is 38.3 Å². The maximum absolute atomic E-state index is 13.9. The Labute approximate surface area is 202 Å². The summed E-state index contributed by atoms with van der Waals surface area (Å²) in [6, 6.07) is 4.87. The average Bonchev–Trinajstić information content (AvgIpc) is 2.81. The van der Waals surface area contributed by atoms with Crippen molar-refractivity contribution < 1.29 is 23.9 Å². The van der Waals surface area contributed by atoms with Gasteiger partial charge < -0.3 is 25.4 Å². The Bertz CT molecular complexity index is 871. The highest BCUT2D eigenvalue weighted by molar-refractivity contribution is 6.06. The predicted octanol–water partition coefficient (Wildman–Crippen LogP) is 2.35. The van der Waals surface area contributed by atoms with Crippen LogP contribution in [0.4, 0.5) is 5.69 Å². The zero-order chi connectivity index (χ0) is 24.9. The number of piperidine rings is 1. The largest absolute Gasteiger partial charge is 0.382 e. The van der Waals surface area contributed by atoms with Gasteiger partial charge in [-0.1, -0.05) is 31.6 Å². The fourth-order valence-corrected chi connectivity index (χ4v) is 3.81. The molecule has 1 aromatic carbocycles. The molecule has 0 bridgehead atoms. The van der Waals surface area contributed by atoms with Crippen LogP contribution in [0.1, 0.15) is 55.5 Å². The topological polar surface area (TPSA) is 123 Å². The Hall–Kier alpha value is -2.75. The fraction of sp³-hybridized carbons (Fsp3) is 0.560. The van der Waals surface area contributed by atoms with Gasteiger partial charge in [0.05, 0.1) is 32.0 Å². The molecule has 0 aromatic heterocycles. The quantitative estimate of drug-likeness (QED) is 0.279. The lowest BCUT2D eigenvalue weighted by molar-refractivity contribution is -0.136. The standard InChI is InChI=1S/C25H38N4O5/c1-4-5-8-19(3)29(21-10-11-22(30)28-24(21)31)25(32)23-18(2)7-6-9-20(23)27-13-15-34-17-16-33-14-12-26/h6-9,21,27H,4-5,10-17,26H2,1-3H3,(H,28,30,31)/b19-8+. The first-order valence-electron chi connectivity index (χ1n) is 11.9. The number of carbonyl (C=O) groups is 3. The van der Waals surface area contributed by atoms with Crippen LogP contribution in [0.15, 0.2) is 30.0 Å². The third kappa shape index (κ3) is 7.93. The van der Waals surface area contributed by atoms with E-state index < -0.39 is 11.9 Å². The van der Waals surface area contributed by atoms with Crippen LogP contribution in [0.5, 0.6) is 0 Å². The van der Waals surface area contributed by atoms with Crippen molar-refractivity contribution in [2.45, 2.75) is 52.5 Å². The molecule has 1 aliphatic rings. The van der Waals surface area contributed by atoms with Crippen molar-refractivity contribution in [2.24, 2.45) is 5.73 Å². The highest BCUT2D eigenvalue weighted by Crippen LogP contribution is 2.27. The van der Waals surface area contributed by atoms with Gasteiger partial charge in [0, 0.05) is 30.9 Å². The van der Waals surface area contributed by atoms with Crippen molar-refractivity contribution >= 4 is 23.4 Å². The molecule has 4 N–H and O–H groups in total. The number of amides is 3. The van der Waals surface area contributed by atoms with Crippen molar-refractivity contribution in [3.8, 4) is 0 Å². The minimum absolute atomic E-state index is 0.201. The van der Waals surface area contributed by atoms with Gasteiger partial charge in [-0.2, -0.15) is 0 Å². The molecule has 1 aliphatic heterocycles. The number of nitrogens with one attached hydrogen (secondary N) is 2. The first-order chi connectivity index (χ1) is 16.4. The molecule has 1 saturated heterocycles. The van der Waals surface area contributed by atoms with E-state index in [0.717, 1.165) is 18.4 Å². The first-order valence-corrected chi connectivity index (χ1v) is 11.9. The third-order valence-corrected chi connectivity index (χ3v) is 5.53. The molecule has 1 heterocycles. The Kier molecular flexibility index (Phi) is 11.7. The Morgan fingerprint density at radius 3 is 2.65 bits per heavy atom. The van der Waals surface area contributed by atoms with Crippen molar-refractivity contribution in [1.29, 1.82) is 0 Å². The summed E-state index contributed by atoms with van der Waals surface area (Å²) < 4.78 is 10.8. The normalized spacial score (nSPS) is 16.4. The molecule has 3 amide bonds. The van der Waals surface area contributed by atoms with E-state index in [0.29, 0.717) is 62.9 Å². The minimum Gasteiger partial charge on any atom is -0.382 e. The molecule has 1 unspecified atom stereocenters. The number of anilines is 1. The van der Waals surface area contributed by atoms with Gasteiger partial charge in [0.15, 0.2) is 0 Å². The number of imide groups is 1. The van der Waals surface area contributed by atoms with Gasteiger partial charge in [-0.15, -0.1) is 0 Å². The second-order valence-electron chi connectivity index (χ2n) is 8.21. The van der Waals surface area contributed by atoms with E-state index >= 15 is 0 Å². The van der Waals surface area contributed by atoms with Crippen LogP contribution in [0.25, 0.3) is 0 Å². The minimum atomic E-state index is -0.734. The molecular formula is C25H38N4O5. The number of ether oxygens (including phenoxy) is 2. The summed E-state index contributed by atoms with van der Waals surface area (Å²) in [4.78, 5) is 39.8. The molecule has 1 fully saturated rings. The number of benzene rings is 1. The number of hydrogen-bond donors (Lipinski definition) is 3. The van der Waals surface area contributed by atoms with Gasteiger partial charge in [0.1, 0.15) is 6.04 Å². The molecule has 1 atom stereocenters. The zero-order valence-electron chi connectivity index (χ0n) is 20.5. The summed E-state index contributed by atoms with van der Waals surface area (Å²) in [5.41, 5.74) is 8.06. The molecule has 0 aliphatic carbocycles. The van der Waals surface area contributed by atoms with Crippen LogP contribution in [0, 0.1) is 6.92 Å². The van der Waals surface area contributed by atoms with Crippen LogP contribution in [-0.2, 0) is 19.1 Å². The number of unbranched alkanes of at least 4 members (excludes halogenated alkanes) is 1. The summed E-state index contributed by atoms with van der Waals surface area (Å²) in [6.07, 6.45) is 4.17. The second-order valence-corrected chi connectivity index (χ2v) is 8.21. The van der Waals surface area contributed by atoms with Gasteiger partial charge in [-0.3, -0.25) is 19.7 Å².